The smallest absolute Gasteiger partial charge is 0.219 e. The molecule has 4 heteroatoms. The van der Waals surface area contributed by atoms with E-state index < -0.39 is 0 Å². The van der Waals surface area contributed by atoms with Crippen molar-refractivity contribution in [3.05, 3.63) is 29.4 Å². The third kappa shape index (κ3) is 1.53. The van der Waals surface area contributed by atoms with E-state index in [0.717, 1.165) is 12.1 Å². The zero-order valence-corrected chi connectivity index (χ0v) is 7.11. The van der Waals surface area contributed by atoms with E-state index in [4.69, 9.17) is 0 Å². The molecule has 0 spiro atoms. The maximum absolute atomic E-state index is 10.6. The van der Waals surface area contributed by atoms with E-state index in [0.29, 0.717) is 5.49 Å². The predicted molar refractivity (Wildman–Crippen MR) is 45.9 cm³/mol. The molecule has 0 saturated carbocycles. The second-order valence-electron chi connectivity index (χ2n) is 2.34. The van der Waals surface area contributed by atoms with Crippen LogP contribution in [0.3, 0.4) is 0 Å². The van der Waals surface area contributed by atoms with E-state index in [1.165, 1.54) is 4.57 Å². The Morgan fingerprint density at radius 3 is 2.92 bits per heavy atom. The van der Waals surface area contributed by atoms with Crippen molar-refractivity contribution in [1.82, 2.24) is 9.99 Å². The van der Waals surface area contributed by atoms with Crippen molar-refractivity contribution in [1.29, 1.82) is 0 Å². The molecule has 0 aromatic carbocycles. The first-order valence-electron chi connectivity index (χ1n) is 3.63. The first-order chi connectivity index (χ1) is 5.79. The maximum Gasteiger partial charge on any atom is 0.219 e. The van der Waals surface area contributed by atoms with Crippen LogP contribution in [0.25, 0.3) is 0 Å². The Balaban J connectivity index is 3.37. The first kappa shape index (κ1) is 8.52. The number of hydrogen-bond acceptors (Lipinski definition) is 3. The molecule has 1 N–H and O–H groups in total. The minimum absolute atomic E-state index is 0.604. The summed E-state index contributed by atoms with van der Waals surface area (Å²) in [5.41, 5.74) is 4.10. The fourth-order valence-electron chi connectivity index (χ4n) is 0.958. The van der Waals surface area contributed by atoms with Crippen molar-refractivity contribution in [3.8, 4) is 0 Å². The number of rotatable bonds is 2. The molecule has 0 amide bonds. The number of nitrogens with one attached hydrogen (secondary N) is 1. The fraction of sp³-hybridized carbons (Fsp3) is 0.250. The molecule has 0 fully saturated rings. The number of aromatic nitrogens is 1. The van der Waals surface area contributed by atoms with Gasteiger partial charge in [-0.25, -0.2) is 0 Å². The zero-order valence-electron chi connectivity index (χ0n) is 7.11. The van der Waals surface area contributed by atoms with Crippen LogP contribution in [0.1, 0.15) is 5.69 Å². The van der Waals surface area contributed by atoms with Crippen LogP contribution in [0.5, 0.6) is 0 Å². The molecule has 4 nitrogen and oxygen atoms in total. The lowest BCUT2D eigenvalue weighted by atomic mass is 10.4. The third-order valence-corrected chi connectivity index (χ3v) is 1.54. The topological polar surface area (TPSA) is 46.4 Å². The largest absolute Gasteiger partial charge is 0.311 e. The summed E-state index contributed by atoms with van der Waals surface area (Å²) in [5.74, 6) is 0. The molecular weight excluding hydrogens is 154 g/mol. The minimum atomic E-state index is 0.604. The highest BCUT2D eigenvalue weighted by Gasteiger charge is 1.93. The molecule has 1 aromatic heterocycles. The molecule has 0 radical (unpaired) electrons. The van der Waals surface area contributed by atoms with E-state index in [1.54, 1.807) is 13.1 Å². The molecule has 0 aliphatic rings. The molecule has 0 atom stereocenters. The summed E-state index contributed by atoms with van der Waals surface area (Å²) in [6.45, 7) is 1.85. The van der Waals surface area contributed by atoms with Crippen LogP contribution in [0.4, 0.5) is 0 Å². The second kappa shape index (κ2) is 3.71. The Hall–Kier alpha value is -1.58. The Bertz CT molecular complexity index is 340. The first-order valence-corrected chi connectivity index (χ1v) is 3.63. The Kier molecular flexibility index (Phi) is 2.63. The summed E-state index contributed by atoms with van der Waals surface area (Å²) < 4.78 is 1.47. The van der Waals surface area contributed by atoms with Crippen molar-refractivity contribution in [3.63, 3.8) is 0 Å². The van der Waals surface area contributed by atoms with Gasteiger partial charge in [-0.1, -0.05) is 6.07 Å². The number of nitrogens with zero attached hydrogens (tertiary/aromatic N) is 2. The number of carbonyl (C=O) groups is 1. The van der Waals surface area contributed by atoms with E-state index in [9.17, 15) is 4.79 Å². The number of hydrogen-bond donors (Lipinski definition) is 1. The summed E-state index contributed by atoms with van der Waals surface area (Å²) in [7, 11) is 1.69. The molecule has 0 unspecified atom stereocenters. The van der Waals surface area contributed by atoms with Gasteiger partial charge in [0.05, 0.1) is 0 Å². The standard InChI is InChI=1S/C8H11N3O/c1-7-4-3-5-8(10-9-2)11(7)6-12/h3-6,9H,1-2H3/b10-8-. The highest BCUT2D eigenvalue weighted by Crippen LogP contribution is 1.88. The van der Waals surface area contributed by atoms with Gasteiger partial charge in [0.2, 0.25) is 6.41 Å². The second-order valence-corrected chi connectivity index (χ2v) is 2.34. The normalized spacial score (nSPS) is 11.3. The van der Waals surface area contributed by atoms with Crippen LogP contribution in [0, 0.1) is 6.92 Å². The van der Waals surface area contributed by atoms with Crippen LogP contribution in [0.15, 0.2) is 23.3 Å². The van der Waals surface area contributed by atoms with Crippen molar-refractivity contribution in [2.45, 2.75) is 6.92 Å². The number of pyridine rings is 1. The summed E-state index contributed by atoms with van der Waals surface area (Å²) in [6, 6.07) is 5.46. The van der Waals surface area contributed by atoms with Crippen molar-refractivity contribution in [2.75, 3.05) is 7.05 Å². The lowest BCUT2D eigenvalue weighted by Crippen LogP contribution is -2.24. The third-order valence-electron chi connectivity index (χ3n) is 1.54. The SMILES string of the molecule is CN/N=c1/cccc(C)n1C=O. The lowest BCUT2D eigenvalue weighted by molar-refractivity contribution is 0.542. The van der Waals surface area contributed by atoms with Gasteiger partial charge in [0.1, 0.15) is 0 Å². The average molecular weight is 165 g/mol. The van der Waals surface area contributed by atoms with E-state index in [2.05, 4.69) is 10.5 Å². The van der Waals surface area contributed by atoms with E-state index in [1.807, 2.05) is 19.1 Å². The van der Waals surface area contributed by atoms with E-state index in [-0.39, 0.29) is 0 Å². The molecule has 1 aromatic rings. The van der Waals surface area contributed by atoms with Gasteiger partial charge >= 0.3 is 0 Å². The Labute approximate surface area is 70.5 Å². The van der Waals surface area contributed by atoms with E-state index >= 15 is 0 Å². The van der Waals surface area contributed by atoms with Crippen LogP contribution in [-0.4, -0.2) is 18.0 Å². The van der Waals surface area contributed by atoms with Crippen LogP contribution in [-0.2, 0) is 4.79 Å². The number of carbonyl (C=O) groups excluding carboxylic acids is 1. The van der Waals surface area contributed by atoms with Gasteiger partial charge in [0.15, 0.2) is 5.49 Å². The molecule has 0 saturated heterocycles. The fourth-order valence-corrected chi connectivity index (χ4v) is 0.958. The van der Waals surface area contributed by atoms with Gasteiger partial charge in [0, 0.05) is 12.7 Å². The van der Waals surface area contributed by atoms with Crippen molar-refractivity contribution in [2.24, 2.45) is 5.10 Å². The highest BCUT2D eigenvalue weighted by molar-refractivity contribution is 5.53. The summed E-state index contributed by atoms with van der Waals surface area (Å²) >= 11 is 0. The molecule has 1 rings (SSSR count). The van der Waals surface area contributed by atoms with Gasteiger partial charge < -0.3 is 5.43 Å². The van der Waals surface area contributed by atoms with Crippen LogP contribution >= 0.6 is 0 Å². The van der Waals surface area contributed by atoms with Gasteiger partial charge in [-0.15, -0.1) is 0 Å². The zero-order chi connectivity index (χ0) is 8.97. The minimum Gasteiger partial charge on any atom is -0.311 e. The highest BCUT2D eigenvalue weighted by atomic mass is 16.1. The molecule has 12 heavy (non-hydrogen) atoms. The summed E-state index contributed by atoms with van der Waals surface area (Å²) in [6.07, 6.45) is 0.742. The molecule has 0 aliphatic heterocycles. The van der Waals surface area contributed by atoms with Gasteiger partial charge in [-0.2, -0.15) is 5.10 Å². The van der Waals surface area contributed by atoms with Crippen LogP contribution < -0.4 is 10.9 Å². The molecular formula is C8H11N3O. The summed E-state index contributed by atoms with van der Waals surface area (Å²) in [5, 5.41) is 3.92. The molecule has 1 heterocycles. The summed E-state index contributed by atoms with van der Waals surface area (Å²) in [4.78, 5) is 10.6. The van der Waals surface area contributed by atoms with Crippen molar-refractivity contribution >= 4 is 6.41 Å². The quantitative estimate of drug-likeness (QED) is 0.490. The Morgan fingerprint density at radius 2 is 2.33 bits per heavy atom. The number of aryl methyl sites for hydroxylation is 1. The predicted octanol–water partition coefficient (Wildman–Crippen LogP) is -0.130. The average Bonchev–Trinajstić information content (AvgIpc) is 2.05. The van der Waals surface area contributed by atoms with Crippen LogP contribution in [0.2, 0.25) is 0 Å². The monoisotopic (exact) mass is 165 g/mol. The Morgan fingerprint density at radius 1 is 1.58 bits per heavy atom. The molecule has 0 aliphatic carbocycles. The molecule has 64 valence electrons. The van der Waals surface area contributed by atoms with Gasteiger partial charge in [-0.05, 0) is 19.1 Å². The maximum atomic E-state index is 10.6. The van der Waals surface area contributed by atoms with Gasteiger partial charge in [-0.3, -0.25) is 9.36 Å². The van der Waals surface area contributed by atoms with Gasteiger partial charge in [0.25, 0.3) is 0 Å². The van der Waals surface area contributed by atoms with Crippen molar-refractivity contribution < 1.29 is 4.79 Å². The lowest BCUT2D eigenvalue weighted by Gasteiger charge is -2.01. The molecule has 0 bridgehead atoms.